The summed E-state index contributed by atoms with van der Waals surface area (Å²) in [4.78, 5) is 23.3. The van der Waals surface area contributed by atoms with Gasteiger partial charge < -0.3 is 10.2 Å². The van der Waals surface area contributed by atoms with Crippen LogP contribution in [-0.4, -0.2) is 45.5 Å². The van der Waals surface area contributed by atoms with Gasteiger partial charge in [0.2, 0.25) is 0 Å². The van der Waals surface area contributed by atoms with Crippen LogP contribution in [0.2, 0.25) is 0 Å². The van der Waals surface area contributed by atoms with Crippen molar-refractivity contribution in [3.05, 3.63) is 23.8 Å². The van der Waals surface area contributed by atoms with Crippen molar-refractivity contribution < 1.29 is 24.2 Å². The highest BCUT2D eigenvalue weighted by molar-refractivity contribution is 6.26. The monoisotopic (exact) mass is 410 g/mol. The number of hydrogen-bond donors (Lipinski definition) is 2. The quantitative estimate of drug-likeness (QED) is 0.686. The lowest BCUT2D eigenvalue weighted by molar-refractivity contribution is -0.140. The molecule has 0 spiro atoms. The first-order chi connectivity index (χ1) is 13.0. The van der Waals surface area contributed by atoms with Gasteiger partial charge in [-0.3, -0.25) is 9.59 Å². The van der Waals surface area contributed by atoms with E-state index in [2.05, 4.69) is 0 Å². The number of allylic oxidation sites excluding steroid dienone is 4. The maximum Gasteiger partial charge on any atom is 0.178 e. The molecule has 0 heterocycles. The molecular formula is C22H28ClFO4. The Morgan fingerprint density at radius 3 is 2.64 bits per heavy atom. The number of aliphatic hydroxyl groups is 2. The van der Waals surface area contributed by atoms with Crippen molar-refractivity contribution in [2.45, 2.75) is 57.2 Å². The van der Waals surface area contributed by atoms with E-state index in [-0.39, 0.29) is 41.7 Å². The van der Waals surface area contributed by atoms with Gasteiger partial charge in [-0.05, 0) is 60.2 Å². The molecule has 0 aliphatic heterocycles. The van der Waals surface area contributed by atoms with Gasteiger partial charge in [-0.2, -0.15) is 0 Å². The smallest absolute Gasteiger partial charge is 0.178 e. The third-order valence-electron chi connectivity index (χ3n) is 8.47. The van der Waals surface area contributed by atoms with E-state index < -0.39 is 34.6 Å². The van der Waals surface area contributed by atoms with Crippen molar-refractivity contribution in [1.29, 1.82) is 0 Å². The second-order valence-electron chi connectivity index (χ2n) is 9.76. The minimum atomic E-state index is -1.31. The fourth-order valence-electron chi connectivity index (χ4n) is 7.36. The highest BCUT2D eigenvalue weighted by Gasteiger charge is 2.71. The van der Waals surface area contributed by atoms with E-state index in [9.17, 15) is 19.8 Å². The second-order valence-corrected chi connectivity index (χ2v) is 10.4. The number of carbonyl (C=O) groups excluding carboxylic acids is 2. The van der Waals surface area contributed by atoms with Gasteiger partial charge in [0.15, 0.2) is 11.6 Å². The van der Waals surface area contributed by atoms with Gasteiger partial charge in [0.1, 0.15) is 12.8 Å². The van der Waals surface area contributed by atoms with Crippen LogP contribution in [0.1, 0.15) is 40.0 Å². The van der Waals surface area contributed by atoms with Gasteiger partial charge in [-0.25, -0.2) is 4.39 Å². The van der Waals surface area contributed by atoms with Gasteiger partial charge in [-0.1, -0.05) is 26.8 Å². The molecule has 4 nitrogen and oxygen atoms in total. The van der Waals surface area contributed by atoms with Crippen LogP contribution < -0.4 is 0 Å². The summed E-state index contributed by atoms with van der Waals surface area (Å²) in [5.41, 5.74) is -1.15. The number of rotatable bonds is 2. The van der Waals surface area contributed by atoms with Gasteiger partial charge in [0.05, 0.1) is 11.0 Å². The minimum absolute atomic E-state index is 0.0344. The molecule has 154 valence electrons. The average molecular weight is 411 g/mol. The first-order valence-corrected chi connectivity index (χ1v) is 10.5. The van der Waals surface area contributed by atoms with Crippen LogP contribution in [0.5, 0.6) is 0 Å². The Kier molecular flexibility index (Phi) is 4.50. The predicted octanol–water partition coefficient (Wildman–Crippen LogP) is 3.00. The zero-order chi connectivity index (χ0) is 20.6. The average Bonchev–Trinajstić information content (AvgIpc) is 2.89. The molecule has 0 unspecified atom stereocenters. The molecular weight excluding hydrogens is 383 g/mol. The molecule has 0 radical (unpaired) electrons. The summed E-state index contributed by atoms with van der Waals surface area (Å²) in [5.74, 6) is -1.18. The second kappa shape index (κ2) is 6.23. The van der Waals surface area contributed by atoms with Crippen molar-refractivity contribution in [3.63, 3.8) is 0 Å². The number of carbonyl (C=O) groups is 2. The van der Waals surface area contributed by atoms with Gasteiger partial charge in [0, 0.05) is 11.3 Å². The summed E-state index contributed by atoms with van der Waals surface area (Å²) in [6.45, 7) is 5.27. The molecule has 0 aromatic heterocycles. The number of hydrogen-bond acceptors (Lipinski definition) is 4. The lowest BCUT2D eigenvalue weighted by atomic mass is 9.46. The molecule has 0 aromatic carbocycles. The Morgan fingerprint density at radius 1 is 1.32 bits per heavy atom. The number of halogens is 2. The zero-order valence-electron chi connectivity index (χ0n) is 16.5. The van der Waals surface area contributed by atoms with Crippen LogP contribution in [0.15, 0.2) is 23.8 Å². The molecule has 4 rings (SSSR count). The Balaban J connectivity index is 1.84. The normalized spacial score (nSPS) is 52.5. The first kappa shape index (κ1) is 20.2. The van der Waals surface area contributed by atoms with Crippen LogP contribution in [0, 0.1) is 34.5 Å². The van der Waals surface area contributed by atoms with E-state index in [0.29, 0.717) is 18.4 Å². The maximum absolute atomic E-state index is 15.3. The zero-order valence-corrected chi connectivity index (χ0v) is 17.2. The summed E-state index contributed by atoms with van der Waals surface area (Å²) in [6, 6.07) is 0. The van der Waals surface area contributed by atoms with Crippen LogP contribution in [0.4, 0.5) is 4.39 Å². The fourth-order valence-corrected chi connectivity index (χ4v) is 7.85. The lowest BCUT2D eigenvalue weighted by Crippen LogP contribution is -2.67. The molecule has 4 aliphatic rings. The molecule has 0 saturated heterocycles. The van der Waals surface area contributed by atoms with Crippen LogP contribution >= 0.6 is 11.6 Å². The van der Waals surface area contributed by atoms with E-state index in [0.717, 1.165) is 0 Å². The Hall–Kier alpha value is -1.04. The molecule has 2 N–H and O–H groups in total. The summed E-state index contributed by atoms with van der Waals surface area (Å²) in [7, 11) is 0. The molecule has 9 atom stereocenters. The number of ketones is 2. The third-order valence-corrected chi connectivity index (χ3v) is 9.40. The van der Waals surface area contributed by atoms with Crippen molar-refractivity contribution in [2.24, 2.45) is 34.5 Å². The first-order valence-electron chi connectivity index (χ1n) is 10.1. The number of alkyl halides is 2. The van der Waals surface area contributed by atoms with Gasteiger partial charge in [-0.15, -0.1) is 11.6 Å². The van der Waals surface area contributed by atoms with E-state index in [1.54, 1.807) is 6.08 Å². The molecule has 0 bridgehead atoms. The Morgan fingerprint density at radius 2 is 2.00 bits per heavy atom. The molecule has 3 fully saturated rings. The van der Waals surface area contributed by atoms with E-state index >= 15 is 4.39 Å². The fraction of sp³-hybridized carbons (Fsp3) is 0.727. The van der Waals surface area contributed by atoms with Crippen LogP contribution in [-0.2, 0) is 9.59 Å². The molecule has 0 aromatic rings. The predicted molar refractivity (Wildman–Crippen MR) is 104 cm³/mol. The number of Topliss-reactive ketones (excluding diaryl/α,β-unsaturated/α-hetero) is 1. The van der Waals surface area contributed by atoms with Crippen molar-refractivity contribution in [2.75, 3.05) is 6.61 Å². The molecule has 0 amide bonds. The van der Waals surface area contributed by atoms with E-state index in [4.69, 9.17) is 11.6 Å². The van der Waals surface area contributed by atoms with Crippen molar-refractivity contribution >= 4 is 23.2 Å². The third kappa shape index (κ3) is 2.30. The summed E-state index contributed by atoms with van der Waals surface area (Å²) < 4.78 is 15.3. The molecule has 6 heteroatoms. The van der Waals surface area contributed by atoms with Gasteiger partial charge >= 0.3 is 0 Å². The van der Waals surface area contributed by atoms with E-state index in [1.165, 1.54) is 12.2 Å². The maximum atomic E-state index is 15.3. The molecule has 28 heavy (non-hydrogen) atoms. The van der Waals surface area contributed by atoms with E-state index in [1.807, 2.05) is 20.8 Å². The SMILES string of the molecule is C[C@@H]1C[C@@H]2[C@H]3C[C@H](F)C4=CC(=O)C=C[C@]4(C)[C@]3(Cl)[C@@H](O)C[C@@]2(C)[C@@H]1C(=O)CO. The topological polar surface area (TPSA) is 74.6 Å². The largest absolute Gasteiger partial charge is 0.391 e. The van der Waals surface area contributed by atoms with Crippen molar-refractivity contribution in [1.82, 2.24) is 0 Å². The molecule has 3 saturated carbocycles. The highest BCUT2D eigenvalue weighted by Crippen LogP contribution is 2.70. The summed E-state index contributed by atoms with van der Waals surface area (Å²) >= 11 is 7.24. The van der Waals surface area contributed by atoms with Crippen molar-refractivity contribution in [3.8, 4) is 0 Å². The van der Waals surface area contributed by atoms with Gasteiger partial charge in [0.25, 0.3) is 0 Å². The minimum Gasteiger partial charge on any atom is -0.391 e. The number of fused-ring (bicyclic) bond motifs is 5. The summed E-state index contributed by atoms with van der Waals surface area (Å²) in [5, 5.41) is 20.8. The Labute approximate surface area is 169 Å². The lowest BCUT2D eigenvalue weighted by Gasteiger charge is -2.63. The highest BCUT2D eigenvalue weighted by atomic mass is 35.5. The number of aliphatic hydroxyl groups excluding tert-OH is 2. The standard InChI is InChI=1S/C22H28ClFO4/c1-11-6-13-14-8-16(24)15-7-12(26)4-5-21(15,3)22(14,23)18(28)9-20(13,2)19(11)17(27)10-25/h4-5,7,11,13-14,16,18-19,25,28H,6,8-10H2,1-3H3/t11-,13-,14-,16+,18+,19+,20-,21+,22-/m1/s1. The Bertz CT molecular complexity index is 793. The molecule has 4 aliphatic carbocycles. The van der Waals surface area contributed by atoms with Crippen LogP contribution in [0.25, 0.3) is 0 Å². The van der Waals surface area contributed by atoms with Crippen LogP contribution in [0.3, 0.4) is 0 Å². The summed E-state index contributed by atoms with van der Waals surface area (Å²) in [6.07, 6.45) is 3.31.